The molecule has 1 unspecified atom stereocenters. The molecule has 1 heterocycles. The van der Waals surface area contributed by atoms with Crippen LogP contribution >= 0.6 is 0 Å². The normalized spacial score (nSPS) is 11.8. The fourth-order valence-electron chi connectivity index (χ4n) is 3.28. The molecular formula is C23H23NO5. The van der Waals surface area contributed by atoms with Crippen molar-refractivity contribution in [2.45, 2.75) is 39.7 Å². The first-order valence-corrected chi connectivity index (χ1v) is 9.47. The Morgan fingerprint density at radius 3 is 2.52 bits per heavy atom. The summed E-state index contributed by atoms with van der Waals surface area (Å²) in [5.41, 5.74) is 2.37. The fraction of sp³-hybridized carbons (Fsp3) is 0.261. The summed E-state index contributed by atoms with van der Waals surface area (Å²) in [6.45, 7) is 5.20. The molecule has 0 aliphatic carbocycles. The van der Waals surface area contributed by atoms with Crippen LogP contribution in [0.1, 0.15) is 43.0 Å². The molecule has 150 valence electrons. The lowest BCUT2D eigenvalue weighted by Gasteiger charge is -2.18. The van der Waals surface area contributed by atoms with E-state index in [0.29, 0.717) is 17.8 Å². The second-order valence-corrected chi connectivity index (χ2v) is 6.90. The van der Waals surface area contributed by atoms with Crippen LogP contribution in [0.4, 0.5) is 0 Å². The SMILES string of the molecule is CCc1cc2c(C)cc(=O)oc2cc1OC(=O)CC(NC(C)=O)c1ccccc1. The summed E-state index contributed by atoms with van der Waals surface area (Å²) in [7, 11) is 0. The zero-order valence-electron chi connectivity index (χ0n) is 16.7. The van der Waals surface area contributed by atoms with Gasteiger partial charge in [0.1, 0.15) is 11.3 Å². The van der Waals surface area contributed by atoms with Crippen LogP contribution in [0.3, 0.4) is 0 Å². The number of aryl methyl sites for hydroxylation is 2. The first-order chi connectivity index (χ1) is 13.9. The summed E-state index contributed by atoms with van der Waals surface area (Å²) < 4.78 is 10.9. The van der Waals surface area contributed by atoms with Crippen molar-refractivity contribution >= 4 is 22.8 Å². The third-order valence-electron chi connectivity index (χ3n) is 4.69. The maximum absolute atomic E-state index is 12.6. The topological polar surface area (TPSA) is 85.6 Å². The van der Waals surface area contributed by atoms with Crippen molar-refractivity contribution in [3.05, 3.63) is 75.6 Å². The number of ether oxygens (including phenoxy) is 1. The first kappa shape index (κ1) is 20.3. The second-order valence-electron chi connectivity index (χ2n) is 6.90. The third kappa shape index (κ3) is 4.90. The number of amides is 1. The van der Waals surface area contributed by atoms with Crippen LogP contribution in [0.15, 0.2) is 57.7 Å². The van der Waals surface area contributed by atoms with Crippen molar-refractivity contribution in [1.82, 2.24) is 5.32 Å². The van der Waals surface area contributed by atoms with E-state index in [4.69, 9.17) is 9.15 Å². The van der Waals surface area contributed by atoms with E-state index in [1.807, 2.05) is 50.2 Å². The molecule has 3 rings (SSSR count). The number of hydrogen-bond acceptors (Lipinski definition) is 5. The van der Waals surface area contributed by atoms with E-state index in [-0.39, 0.29) is 12.3 Å². The van der Waals surface area contributed by atoms with Gasteiger partial charge in [-0.1, -0.05) is 37.3 Å². The minimum absolute atomic E-state index is 0.0252. The molecule has 1 N–H and O–H groups in total. The van der Waals surface area contributed by atoms with Crippen molar-refractivity contribution < 1.29 is 18.7 Å². The van der Waals surface area contributed by atoms with Crippen LogP contribution in [0, 0.1) is 6.92 Å². The number of esters is 1. The number of hydrogen-bond donors (Lipinski definition) is 1. The van der Waals surface area contributed by atoms with E-state index in [1.54, 1.807) is 6.07 Å². The number of benzene rings is 2. The van der Waals surface area contributed by atoms with Gasteiger partial charge >= 0.3 is 11.6 Å². The van der Waals surface area contributed by atoms with Crippen LogP contribution in [-0.2, 0) is 16.0 Å². The summed E-state index contributed by atoms with van der Waals surface area (Å²) in [5, 5.41) is 3.59. The summed E-state index contributed by atoms with van der Waals surface area (Å²) >= 11 is 0. The molecule has 0 fully saturated rings. The van der Waals surface area contributed by atoms with E-state index in [2.05, 4.69) is 5.32 Å². The van der Waals surface area contributed by atoms with Crippen molar-refractivity contribution in [2.24, 2.45) is 0 Å². The van der Waals surface area contributed by atoms with Crippen LogP contribution in [0.5, 0.6) is 5.75 Å². The zero-order chi connectivity index (χ0) is 21.0. The highest BCUT2D eigenvalue weighted by atomic mass is 16.5. The first-order valence-electron chi connectivity index (χ1n) is 9.47. The molecule has 6 heteroatoms. The van der Waals surface area contributed by atoms with E-state index < -0.39 is 17.6 Å². The molecule has 2 aromatic carbocycles. The molecule has 6 nitrogen and oxygen atoms in total. The van der Waals surface area contributed by atoms with Gasteiger partial charge in [0, 0.05) is 24.4 Å². The second kappa shape index (κ2) is 8.73. The molecule has 0 saturated carbocycles. The fourth-order valence-corrected chi connectivity index (χ4v) is 3.28. The van der Waals surface area contributed by atoms with Gasteiger partial charge in [-0.2, -0.15) is 0 Å². The largest absolute Gasteiger partial charge is 0.426 e. The van der Waals surface area contributed by atoms with Crippen LogP contribution in [0.25, 0.3) is 11.0 Å². The van der Waals surface area contributed by atoms with Crippen LogP contribution in [0.2, 0.25) is 0 Å². The van der Waals surface area contributed by atoms with Gasteiger partial charge in [-0.25, -0.2) is 4.79 Å². The minimum atomic E-state index is -0.494. The highest BCUT2D eigenvalue weighted by Crippen LogP contribution is 2.28. The van der Waals surface area contributed by atoms with Gasteiger partial charge in [0.25, 0.3) is 0 Å². The van der Waals surface area contributed by atoms with Crippen molar-refractivity contribution in [3.8, 4) is 5.75 Å². The molecular weight excluding hydrogens is 370 g/mol. The maximum Gasteiger partial charge on any atom is 0.336 e. The summed E-state index contributed by atoms with van der Waals surface area (Å²) in [6, 6.07) is 13.6. The summed E-state index contributed by atoms with van der Waals surface area (Å²) in [5.74, 6) is -0.367. The molecule has 0 saturated heterocycles. The monoisotopic (exact) mass is 393 g/mol. The lowest BCUT2D eigenvalue weighted by molar-refractivity contribution is -0.135. The van der Waals surface area contributed by atoms with Crippen LogP contribution < -0.4 is 15.7 Å². The molecule has 0 aliphatic rings. The van der Waals surface area contributed by atoms with Gasteiger partial charge in [0.2, 0.25) is 5.91 Å². The predicted octanol–water partition coefficient (Wildman–Crippen LogP) is 3.84. The maximum atomic E-state index is 12.6. The van der Waals surface area contributed by atoms with Crippen molar-refractivity contribution in [1.29, 1.82) is 0 Å². The Labute approximate surface area is 168 Å². The van der Waals surface area contributed by atoms with Gasteiger partial charge in [0.15, 0.2) is 0 Å². The van der Waals surface area contributed by atoms with Crippen molar-refractivity contribution in [3.63, 3.8) is 0 Å². The zero-order valence-corrected chi connectivity index (χ0v) is 16.7. The summed E-state index contributed by atoms with van der Waals surface area (Å²) in [6.07, 6.45) is 0.619. The van der Waals surface area contributed by atoms with Gasteiger partial charge in [0.05, 0.1) is 12.5 Å². The van der Waals surface area contributed by atoms with E-state index in [9.17, 15) is 14.4 Å². The van der Waals surface area contributed by atoms with E-state index in [1.165, 1.54) is 13.0 Å². The Bertz CT molecular complexity index is 1100. The lowest BCUT2D eigenvalue weighted by Crippen LogP contribution is -2.29. The summed E-state index contributed by atoms with van der Waals surface area (Å²) in [4.78, 5) is 35.9. The molecule has 3 aromatic rings. The number of nitrogens with one attached hydrogen (secondary N) is 1. The molecule has 29 heavy (non-hydrogen) atoms. The Morgan fingerprint density at radius 1 is 1.14 bits per heavy atom. The average molecular weight is 393 g/mol. The van der Waals surface area contributed by atoms with Crippen LogP contribution in [-0.4, -0.2) is 11.9 Å². The Balaban J connectivity index is 1.87. The highest BCUT2D eigenvalue weighted by molar-refractivity contribution is 5.84. The number of rotatable bonds is 6. The van der Waals surface area contributed by atoms with Gasteiger partial charge in [-0.3, -0.25) is 9.59 Å². The quantitative estimate of drug-likeness (QED) is 0.391. The van der Waals surface area contributed by atoms with E-state index >= 15 is 0 Å². The number of carbonyl (C=O) groups excluding carboxylic acids is 2. The Morgan fingerprint density at radius 2 is 1.86 bits per heavy atom. The average Bonchev–Trinajstić information content (AvgIpc) is 2.67. The van der Waals surface area contributed by atoms with Crippen molar-refractivity contribution in [2.75, 3.05) is 0 Å². The molecule has 0 bridgehead atoms. The molecule has 0 radical (unpaired) electrons. The highest BCUT2D eigenvalue weighted by Gasteiger charge is 2.20. The number of fused-ring (bicyclic) bond motifs is 1. The Hall–Kier alpha value is -3.41. The molecule has 1 amide bonds. The smallest absolute Gasteiger partial charge is 0.336 e. The molecule has 1 aromatic heterocycles. The van der Waals surface area contributed by atoms with Gasteiger partial charge in [-0.05, 0) is 36.1 Å². The molecule has 1 atom stereocenters. The third-order valence-corrected chi connectivity index (χ3v) is 4.69. The molecule has 0 spiro atoms. The minimum Gasteiger partial charge on any atom is -0.426 e. The lowest BCUT2D eigenvalue weighted by atomic mass is 10.0. The predicted molar refractivity (Wildman–Crippen MR) is 110 cm³/mol. The molecule has 0 aliphatic heterocycles. The number of carbonyl (C=O) groups is 2. The Kier molecular flexibility index (Phi) is 6.12. The van der Waals surface area contributed by atoms with Gasteiger partial charge in [-0.15, -0.1) is 0 Å². The van der Waals surface area contributed by atoms with Gasteiger partial charge < -0.3 is 14.5 Å². The standard InChI is InChI=1S/C23H23NO5/c1-4-16-11-18-14(2)10-22(26)29-21(18)13-20(16)28-23(27)12-19(24-15(3)25)17-8-6-5-7-9-17/h5-11,13,19H,4,12H2,1-3H3,(H,24,25). The van der Waals surface area contributed by atoms with E-state index in [0.717, 1.165) is 22.1 Å².